The van der Waals surface area contributed by atoms with Gasteiger partial charge in [0.15, 0.2) is 5.76 Å². The lowest BCUT2D eigenvalue weighted by Gasteiger charge is -2.20. The summed E-state index contributed by atoms with van der Waals surface area (Å²) in [5.74, 6) is 1.56. The van der Waals surface area contributed by atoms with Crippen molar-refractivity contribution >= 4 is 11.5 Å². The van der Waals surface area contributed by atoms with Crippen molar-refractivity contribution in [3.8, 4) is 22.6 Å². The highest BCUT2D eigenvalue weighted by atomic mass is 16.5. The molecule has 0 aliphatic heterocycles. The Labute approximate surface area is 199 Å². The van der Waals surface area contributed by atoms with E-state index in [1.807, 2.05) is 48.5 Å². The van der Waals surface area contributed by atoms with Gasteiger partial charge in [-0.3, -0.25) is 0 Å². The van der Waals surface area contributed by atoms with Crippen LogP contribution in [0.4, 0.5) is 0 Å². The standard InChI is InChI=1S/C30H27NO3/c1-33-30(32)26-17-9-11-22(20-26)18-21-10-8-16-25(19-21)29-31-27(23-12-4-2-5-13-23)28(34-29)24-14-6-3-7-15-24/h2-7,9,11-15,17,19-21H,8,10,16,18H2,1H3. The smallest absolute Gasteiger partial charge is 0.337 e. The zero-order valence-corrected chi connectivity index (χ0v) is 19.2. The highest BCUT2D eigenvalue weighted by Gasteiger charge is 2.22. The lowest BCUT2D eigenvalue weighted by atomic mass is 9.86. The summed E-state index contributed by atoms with van der Waals surface area (Å²) >= 11 is 0. The molecule has 5 rings (SSSR count). The molecular formula is C30H27NO3. The van der Waals surface area contributed by atoms with Gasteiger partial charge in [0.2, 0.25) is 5.89 Å². The molecule has 1 aliphatic carbocycles. The van der Waals surface area contributed by atoms with Crippen molar-refractivity contribution in [3.05, 3.63) is 108 Å². The number of allylic oxidation sites excluding steroid dienone is 2. The molecule has 1 atom stereocenters. The number of methoxy groups -OCH3 is 1. The number of hydrogen-bond donors (Lipinski definition) is 0. The van der Waals surface area contributed by atoms with Gasteiger partial charge in [0.05, 0.1) is 12.7 Å². The molecular weight excluding hydrogens is 422 g/mol. The van der Waals surface area contributed by atoms with Gasteiger partial charge in [0.1, 0.15) is 5.69 Å². The van der Waals surface area contributed by atoms with E-state index in [0.29, 0.717) is 17.4 Å². The summed E-state index contributed by atoms with van der Waals surface area (Å²) in [7, 11) is 1.41. The number of aromatic nitrogens is 1. The Bertz CT molecular complexity index is 1250. The van der Waals surface area contributed by atoms with Crippen molar-refractivity contribution in [1.29, 1.82) is 0 Å². The first-order valence-electron chi connectivity index (χ1n) is 11.7. The normalized spacial score (nSPS) is 15.6. The molecule has 1 unspecified atom stereocenters. The third-order valence-corrected chi connectivity index (χ3v) is 6.29. The fourth-order valence-corrected chi connectivity index (χ4v) is 4.63. The minimum atomic E-state index is -0.302. The third kappa shape index (κ3) is 4.72. The van der Waals surface area contributed by atoms with Crippen LogP contribution in [0.2, 0.25) is 0 Å². The first-order valence-corrected chi connectivity index (χ1v) is 11.7. The second kappa shape index (κ2) is 9.92. The van der Waals surface area contributed by atoms with E-state index in [9.17, 15) is 4.79 Å². The number of carbonyl (C=O) groups is 1. The second-order valence-electron chi connectivity index (χ2n) is 8.67. The highest BCUT2D eigenvalue weighted by molar-refractivity contribution is 5.89. The van der Waals surface area contributed by atoms with Crippen LogP contribution >= 0.6 is 0 Å². The molecule has 1 aliphatic rings. The van der Waals surface area contributed by atoms with Crippen LogP contribution in [0, 0.1) is 5.92 Å². The number of carbonyl (C=O) groups excluding carboxylic acids is 1. The summed E-state index contributed by atoms with van der Waals surface area (Å²) in [6.45, 7) is 0. The Morgan fingerprint density at radius 3 is 2.44 bits per heavy atom. The van der Waals surface area contributed by atoms with Crippen LogP contribution in [0.1, 0.15) is 41.1 Å². The summed E-state index contributed by atoms with van der Waals surface area (Å²) in [6, 6.07) is 28.1. The quantitative estimate of drug-likeness (QED) is 0.292. The Morgan fingerprint density at radius 2 is 1.71 bits per heavy atom. The molecule has 0 fully saturated rings. The van der Waals surface area contributed by atoms with Gasteiger partial charge in [0.25, 0.3) is 0 Å². The number of rotatable bonds is 6. The molecule has 170 valence electrons. The third-order valence-electron chi connectivity index (χ3n) is 6.29. The van der Waals surface area contributed by atoms with E-state index >= 15 is 0 Å². The lowest BCUT2D eigenvalue weighted by molar-refractivity contribution is 0.0600. The minimum absolute atomic E-state index is 0.302. The van der Waals surface area contributed by atoms with Crippen LogP contribution in [-0.2, 0) is 11.2 Å². The van der Waals surface area contributed by atoms with E-state index in [1.54, 1.807) is 6.07 Å². The van der Waals surface area contributed by atoms with E-state index < -0.39 is 0 Å². The Balaban J connectivity index is 1.46. The maximum Gasteiger partial charge on any atom is 0.337 e. The van der Waals surface area contributed by atoms with Gasteiger partial charge in [-0.05, 0) is 49.3 Å². The molecule has 1 heterocycles. The topological polar surface area (TPSA) is 52.3 Å². The van der Waals surface area contributed by atoms with Gasteiger partial charge in [-0.25, -0.2) is 9.78 Å². The zero-order chi connectivity index (χ0) is 23.3. The van der Waals surface area contributed by atoms with Gasteiger partial charge in [-0.2, -0.15) is 0 Å². The number of oxazole rings is 1. The average Bonchev–Trinajstić information content (AvgIpc) is 3.35. The molecule has 0 N–H and O–H groups in total. The molecule has 0 saturated carbocycles. The molecule has 0 bridgehead atoms. The fraction of sp³-hybridized carbons (Fsp3) is 0.200. The van der Waals surface area contributed by atoms with E-state index in [0.717, 1.165) is 59.4 Å². The molecule has 0 amide bonds. The zero-order valence-electron chi connectivity index (χ0n) is 19.2. The molecule has 0 spiro atoms. The predicted octanol–water partition coefficient (Wildman–Crippen LogP) is 7.22. The lowest BCUT2D eigenvalue weighted by Crippen LogP contribution is -2.09. The SMILES string of the molecule is COC(=O)c1cccc(CC2C=C(c3nc(-c4ccccc4)c(-c4ccccc4)o3)CCC2)c1. The number of ether oxygens (including phenoxy) is 1. The molecule has 1 aromatic heterocycles. The van der Waals surface area contributed by atoms with Crippen molar-refractivity contribution < 1.29 is 13.9 Å². The first kappa shape index (κ1) is 21.9. The molecule has 4 heteroatoms. The van der Waals surface area contributed by atoms with E-state index in [4.69, 9.17) is 14.1 Å². The molecule has 0 saturated heterocycles. The van der Waals surface area contributed by atoms with Gasteiger partial charge >= 0.3 is 5.97 Å². The van der Waals surface area contributed by atoms with E-state index in [2.05, 4.69) is 36.4 Å². The number of nitrogens with zero attached hydrogens (tertiary/aromatic N) is 1. The highest BCUT2D eigenvalue weighted by Crippen LogP contribution is 2.38. The Morgan fingerprint density at radius 1 is 0.971 bits per heavy atom. The average molecular weight is 450 g/mol. The summed E-state index contributed by atoms with van der Waals surface area (Å²) in [4.78, 5) is 16.9. The van der Waals surface area contributed by atoms with Crippen LogP contribution in [0.5, 0.6) is 0 Å². The van der Waals surface area contributed by atoms with Gasteiger partial charge in [-0.1, -0.05) is 78.9 Å². The summed E-state index contributed by atoms with van der Waals surface area (Å²) in [5, 5.41) is 0. The molecule has 4 nitrogen and oxygen atoms in total. The van der Waals surface area contributed by atoms with Crippen molar-refractivity contribution in [2.75, 3.05) is 7.11 Å². The molecule has 34 heavy (non-hydrogen) atoms. The maximum absolute atomic E-state index is 11.9. The molecule has 4 aromatic rings. The molecule has 3 aromatic carbocycles. The number of esters is 1. The van der Waals surface area contributed by atoms with Crippen molar-refractivity contribution in [2.45, 2.75) is 25.7 Å². The first-order chi connectivity index (χ1) is 16.7. The van der Waals surface area contributed by atoms with Crippen molar-refractivity contribution in [1.82, 2.24) is 4.98 Å². The van der Waals surface area contributed by atoms with Crippen molar-refractivity contribution in [3.63, 3.8) is 0 Å². The van der Waals surface area contributed by atoms with Crippen LogP contribution in [-0.4, -0.2) is 18.1 Å². The Kier molecular flexibility index (Phi) is 6.39. The van der Waals surface area contributed by atoms with E-state index in [-0.39, 0.29) is 5.97 Å². The summed E-state index contributed by atoms with van der Waals surface area (Å²) in [6.07, 6.45) is 6.30. The maximum atomic E-state index is 11.9. The summed E-state index contributed by atoms with van der Waals surface area (Å²) in [5.41, 5.74) is 5.81. The van der Waals surface area contributed by atoms with Crippen LogP contribution in [0.15, 0.2) is 95.4 Å². The second-order valence-corrected chi connectivity index (χ2v) is 8.67. The van der Waals surface area contributed by atoms with E-state index in [1.165, 1.54) is 7.11 Å². The molecule has 0 radical (unpaired) electrons. The van der Waals surface area contributed by atoms with Gasteiger partial charge in [-0.15, -0.1) is 0 Å². The van der Waals surface area contributed by atoms with Gasteiger partial charge in [0, 0.05) is 16.7 Å². The largest absolute Gasteiger partial charge is 0.465 e. The van der Waals surface area contributed by atoms with Crippen LogP contribution in [0.25, 0.3) is 28.2 Å². The summed E-state index contributed by atoms with van der Waals surface area (Å²) < 4.78 is 11.3. The van der Waals surface area contributed by atoms with Crippen molar-refractivity contribution in [2.24, 2.45) is 5.92 Å². The predicted molar refractivity (Wildman–Crippen MR) is 134 cm³/mol. The van der Waals surface area contributed by atoms with Crippen LogP contribution in [0.3, 0.4) is 0 Å². The monoisotopic (exact) mass is 449 g/mol. The Hall–Kier alpha value is -3.92. The van der Waals surface area contributed by atoms with Gasteiger partial charge < -0.3 is 9.15 Å². The fourth-order valence-electron chi connectivity index (χ4n) is 4.63. The van der Waals surface area contributed by atoms with Crippen LogP contribution < -0.4 is 0 Å². The number of benzene rings is 3. The minimum Gasteiger partial charge on any atom is -0.465 e. The number of hydrogen-bond acceptors (Lipinski definition) is 4.